The van der Waals surface area contributed by atoms with E-state index in [-0.39, 0.29) is 0 Å². The third-order valence-corrected chi connectivity index (χ3v) is 3.64. The molecule has 3 aromatic carbocycles. The second kappa shape index (κ2) is 7.88. The molecule has 0 atom stereocenters. The Balaban J connectivity index is 1.93. The molecule has 3 rings (SSSR count). The molecule has 3 aromatic rings. The molecule has 0 unspecified atom stereocenters. The van der Waals surface area contributed by atoms with E-state index < -0.39 is 0 Å². The lowest BCUT2D eigenvalue weighted by Crippen LogP contribution is -1.92. The average molecular weight is 313 g/mol. The molecule has 0 heterocycles. The van der Waals surface area contributed by atoms with Crippen LogP contribution in [-0.4, -0.2) is 0 Å². The van der Waals surface area contributed by atoms with Gasteiger partial charge in [-0.1, -0.05) is 84.1 Å². The molecule has 0 radical (unpaired) electrons. The molecule has 0 aliphatic rings. The maximum absolute atomic E-state index is 4.37. The van der Waals surface area contributed by atoms with Crippen molar-refractivity contribution in [3.63, 3.8) is 0 Å². The van der Waals surface area contributed by atoms with Gasteiger partial charge in [-0.25, -0.2) is 0 Å². The van der Waals surface area contributed by atoms with Crippen molar-refractivity contribution >= 4 is 11.3 Å². The van der Waals surface area contributed by atoms with Crippen molar-refractivity contribution in [3.05, 3.63) is 108 Å². The molecule has 0 saturated carbocycles. The molecule has 0 aliphatic carbocycles. The van der Waals surface area contributed by atoms with E-state index in [4.69, 9.17) is 0 Å². The smallest absolute Gasteiger partial charge is 0.0701 e. The van der Waals surface area contributed by atoms with Gasteiger partial charge in [0.15, 0.2) is 0 Å². The predicted molar refractivity (Wildman–Crippen MR) is 99.5 cm³/mol. The van der Waals surface area contributed by atoms with Crippen LogP contribution in [0.5, 0.6) is 0 Å². The Hall–Kier alpha value is -3.20. The van der Waals surface area contributed by atoms with Crippen LogP contribution in [0.3, 0.4) is 0 Å². The SMILES string of the molecule is CC(N=NNc1ccccc1)=C(c1ccccc1)c1ccccc1. The molecule has 0 aliphatic heterocycles. The highest BCUT2D eigenvalue weighted by Gasteiger charge is 2.08. The van der Waals surface area contributed by atoms with E-state index in [1.807, 2.05) is 73.7 Å². The summed E-state index contributed by atoms with van der Waals surface area (Å²) in [6.07, 6.45) is 0. The monoisotopic (exact) mass is 313 g/mol. The van der Waals surface area contributed by atoms with Gasteiger partial charge < -0.3 is 0 Å². The van der Waals surface area contributed by atoms with E-state index in [9.17, 15) is 0 Å². The molecule has 3 heteroatoms. The summed E-state index contributed by atoms with van der Waals surface area (Å²) in [6.45, 7) is 1.98. The van der Waals surface area contributed by atoms with Crippen LogP contribution >= 0.6 is 0 Å². The van der Waals surface area contributed by atoms with Crippen LogP contribution in [0.1, 0.15) is 18.1 Å². The Kier molecular flexibility index (Phi) is 5.15. The maximum atomic E-state index is 4.37. The molecule has 0 bridgehead atoms. The maximum Gasteiger partial charge on any atom is 0.0701 e. The lowest BCUT2D eigenvalue weighted by molar-refractivity contribution is 1.06. The van der Waals surface area contributed by atoms with Crippen molar-refractivity contribution < 1.29 is 0 Å². The highest BCUT2D eigenvalue weighted by Crippen LogP contribution is 2.27. The number of nitrogens with zero attached hydrogens (tertiary/aromatic N) is 2. The molecule has 24 heavy (non-hydrogen) atoms. The lowest BCUT2D eigenvalue weighted by atomic mass is 9.96. The van der Waals surface area contributed by atoms with Gasteiger partial charge in [-0.2, -0.15) is 0 Å². The summed E-state index contributed by atoms with van der Waals surface area (Å²) in [5, 5.41) is 8.50. The molecule has 0 aromatic heterocycles. The van der Waals surface area contributed by atoms with Crippen LogP contribution in [-0.2, 0) is 0 Å². The Morgan fingerprint density at radius 3 is 1.62 bits per heavy atom. The van der Waals surface area contributed by atoms with Crippen molar-refractivity contribution in [1.82, 2.24) is 0 Å². The summed E-state index contributed by atoms with van der Waals surface area (Å²) < 4.78 is 0. The summed E-state index contributed by atoms with van der Waals surface area (Å²) >= 11 is 0. The van der Waals surface area contributed by atoms with Crippen LogP contribution < -0.4 is 5.43 Å². The minimum Gasteiger partial charge on any atom is -0.260 e. The zero-order valence-corrected chi connectivity index (χ0v) is 13.6. The topological polar surface area (TPSA) is 36.8 Å². The van der Waals surface area contributed by atoms with Crippen LogP contribution in [0.2, 0.25) is 0 Å². The van der Waals surface area contributed by atoms with Gasteiger partial charge in [0.2, 0.25) is 0 Å². The zero-order valence-electron chi connectivity index (χ0n) is 13.6. The van der Waals surface area contributed by atoms with Crippen molar-refractivity contribution in [2.45, 2.75) is 6.92 Å². The Labute approximate surface area is 142 Å². The molecule has 3 nitrogen and oxygen atoms in total. The fraction of sp³-hybridized carbons (Fsp3) is 0.0476. The van der Waals surface area contributed by atoms with Gasteiger partial charge in [-0.05, 0) is 30.2 Å². The van der Waals surface area contributed by atoms with Gasteiger partial charge in [-0.3, -0.25) is 5.43 Å². The second-order valence-electron chi connectivity index (χ2n) is 5.37. The number of rotatable bonds is 5. The van der Waals surface area contributed by atoms with Crippen molar-refractivity contribution in [2.24, 2.45) is 10.3 Å². The predicted octanol–water partition coefficient (Wildman–Crippen LogP) is 5.95. The number of allylic oxidation sites excluding steroid dienone is 1. The minimum absolute atomic E-state index is 0.857. The molecule has 118 valence electrons. The zero-order chi connectivity index (χ0) is 16.6. The first-order valence-electron chi connectivity index (χ1n) is 7.88. The Morgan fingerprint density at radius 1 is 0.667 bits per heavy atom. The molecule has 0 spiro atoms. The highest BCUT2D eigenvalue weighted by atomic mass is 15.4. The molecule has 1 N–H and O–H groups in total. The van der Waals surface area contributed by atoms with Gasteiger partial charge in [-0.15, -0.1) is 5.11 Å². The quantitative estimate of drug-likeness (QED) is 0.459. The second-order valence-corrected chi connectivity index (χ2v) is 5.37. The number of anilines is 1. The van der Waals surface area contributed by atoms with Crippen LogP contribution in [0.15, 0.2) is 107 Å². The number of nitrogens with one attached hydrogen (secondary N) is 1. The fourth-order valence-electron chi connectivity index (χ4n) is 2.51. The van der Waals surface area contributed by atoms with E-state index in [1.54, 1.807) is 0 Å². The average Bonchev–Trinajstić information content (AvgIpc) is 2.65. The molecule has 0 amide bonds. The van der Waals surface area contributed by atoms with E-state index in [0.29, 0.717) is 0 Å². The van der Waals surface area contributed by atoms with Gasteiger partial charge in [0.05, 0.1) is 11.4 Å². The number of hydrogen-bond acceptors (Lipinski definition) is 2. The molecular weight excluding hydrogens is 294 g/mol. The number of hydrogen-bond donors (Lipinski definition) is 1. The van der Waals surface area contributed by atoms with E-state index in [1.165, 1.54) is 0 Å². The number of para-hydroxylation sites is 1. The number of benzene rings is 3. The first-order valence-corrected chi connectivity index (χ1v) is 7.88. The lowest BCUT2D eigenvalue weighted by Gasteiger charge is -2.10. The summed E-state index contributed by atoms with van der Waals surface area (Å²) in [4.78, 5) is 0. The fourth-order valence-corrected chi connectivity index (χ4v) is 2.51. The van der Waals surface area contributed by atoms with Crippen molar-refractivity contribution in [2.75, 3.05) is 5.43 Å². The van der Waals surface area contributed by atoms with Crippen LogP contribution in [0.4, 0.5) is 5.69 Å². The largest absolute Gasteiger partial charge is 0.260 e. The van der Waals surface area contributed by atoms with E-state index in [2.05, 4.69) is 40.0 Å². The highest BCUT2D eigenvalue weighted by molar-refractivity contribution is 5.81. The van der Waals surface area contributed by atoms with Crippen LogP contribution in [0.25, 0.3) is 5.57 Å². The first-order chi connectivity index (χ1) is 11.8. The third-order valence-electron chi connectivity index (χ3n) is 3.64. The summed E-state index contributed by atoms with van der Waals surface area (Å²) in [5.74, 6) is 0. The summed E-state index contributed by atoms with van der Waals surface area (Å²) in [6, 6.07) is 30.3. The minimum atomic E-state index is 0.857. The first kappa shape index (κ1) is 15.7. The molecule has 0 saturated heterocycles. The Bertz CT molecular complexity index is 781. The van der Waals surface area contributed by atoms with Gasteiger partial charge >= 0.3 is 0 Å². The van der Waals surface area contributed by atoms with Gasteiger partial charge in [0.1, 0.15) is 0 Å². The third kappa shape index (κ3) is 3.96. The molecule has 0 fully saturated rings. The van der Waals surface area contributed by atoms with E-state index in [0.717, 1.165) is 28.1 Å². The standard InChI is InChI=1S/C21H19N3/c1-17(22-24-23-20-15-9-4-10-16-20)21(18-11-5-2-6-12-18)19-13-7-3-8-14-19/h2-16H,1H3,(H,22,23). The summed E-state index contributed by atoms with van der Waals surface area (Å²) in [7, 11) is 0. The van der Waals surface area contributed by atoms with Crippen LogP contribution in [0, 0.1) is 0 Å². The van der Waals surface area contributed by atoms with Crippen molar-refractivity contribution in [1.29, 1.82) is 0 Å². The van der Waals surface area contributed by atoms with Gasteiger partial charge in [0.25, 0.3) is 0 Å². The normalized spacial score (nSPS) is 10.5. The Morgan fingerprint density at radius 2 is 1.12 bits per heavy atom. The molecular formula is C21H19N3. The van der Waals surface area contributed by atoms with Crippen molar-refractivity contribution in [3.8, 4) is 0 Å². The van der Waals surface area contributed by atoms with Gasteiger partial charge in [0, 0.05) is 5.57 Å². The summed E-state index contributed by atoms with van der Waals surface area (Å²) in [5.41, 5.74) is 8.06. The van der Waals surface area contributed by atoms with E-state index >= 15 is 0 Å².